The van der Waals surface area contributed by atoms with Crippen molar-refractivity contribution in [1.82, 2.24) is 9.62 Å². The maximum Gasteiger partial charge on any atom is 0.209 e. The topological polar surface area (TPSA) is 49.4 Å². The Morgan fingerprint density at radius 2 is 2.08 bits per heavy atom. The Hall–Kier alpha value is -0.130. The van der Waals surface area contributed by atoms with E-state index in [2.05, 4.69) is 9.62 Å². The zero-order valence-corrected chi connectivity index (χ0v) is 8.56. The molecule has 1 rings (SSSR count). The first-order valence-electron chi connectivity index (χ1n) is 4.07. The molecule has 1 saturated heterocycles. The predicted octanol–water partition coefficient (Wildman–Crippen LogP) is -0.372. The average Bonchev–Trinajstić information content (AvgIpc) is 2.16. The summed E-state index contributed by atoms with van der Waals surface area (Å²) in [6.07, 6.45) is 2.11. The van der Waals surface area contributed by atoms with Gasteiger partial charge in [0.05, 0.1) is 6.26 Å². The molecule has 1 fully saturated rings. The van der Waals surface area contributed by atoms with Crippen molar-refractivity contribution in [2.45, 2.75) is 25.4 Å². The summed E-state index contributed by atoms with van der Waals surface area (Å²) in [6, 6.07) is 0.393. The molecule has 1 N–H and O–H groups in total. The van der Waals surface area contributed by atoms with Crippen LogP contribution < -0.4 is 4.72 Å². The highest BCUT2D eigenvalue weighted by atomic mass is 32.2. The molecule has 0 aromatic carbocycles. The van der Waals surface area contributed by atoms with Crippen molar-refractivity contribution in [2.75, 3.05) is 19.8 Å². The fourth-order valence-electron chi connectivity index (χ4n) is 1.53. The predicted molar refractivity (Wildman–Crippen MR) is 48.5 cm³/mol. The van der Waals surface area contributed by atoms with E-state index in [1.54, 1.807) is 0 Å². The van der Waals surface area contributed by atoms with Gasteiger partial charge in [0.15, 0.2) is 0 Å². The first kappa shape index (κ1) is 9.95. The molecule has 0 aromatic rings. The second-order valence-corrected chi connectivity index (χ2v) is 5.29. The fraction of sp³-hybridized carbons (Fsp3) is 1.00. The van der Waals surface area contributed by atoms with Crippen molar-refractivity contribution in [1.29, 1.82) is 0 Å². The molecule has 0 radical (unpaired) electrons. The van der Waals surface area contributed by atoms with Crippen LogP contribution in [0, 0.1) is 0 Å². The molecular weight excluding hydrogens is 176 g/mol. The van der Waals surface area contributed by atoms with Crippen LogP contribution in [0.2, 0.25) is 0 Å². The van der Waals surface area contributed by atoms with Gasteiger partial charge in [-0.05, 0) is 26.9 Å². The van der Waals surface area contributed by atoms with Gasteiger partial charge in [-0.2, -0.15) is 0 Å². The molecule has 1 aliphatic heterocycles. The summed E-state index contributed by atoms with van der Waals surface area (Å²) in [6.45, 7) is 3.00. The molecular formula is C7H16N2O2S. The highest BCUT2D eigenvalue weighted by Crippen LogP contribution is 2.15. The maximum absolute atomic E-state index is 10.9. The lowest BCUT2D eigenvalue weighted by atomic mass is 10.2. The second-order valence-electron chi connectivity index (χ2n) is 3.51. The Bertz CT molecular complexity index is 250. The molecule has 0 spiro atoms. The molecule has 1 heterocycles. The van der Waals surface area contributed by atoms with Gasteiger partial charge in [0, 0.05) is 12.1 Å². The highest BCUT2D eigenvalue weighted by Gasteiger charge is 2.29. The van der Waals surface area contributed by atoms with Crippen molar-refractivity contribution >= 4 is 10.0 Å². The molecule has 4 nitrogen and oxygen atoms in total. The number of nitrogens with one attached hydrogen (secondary N) is 1. The molecule has 0 aliphatic carbocycles. The molecule has 1 aliphatic rings. The Morgan fingerprint density at radius 3 is 2.42 bits per heavy atom. The van der Waals surface area contributed by atoms with E-state index in [0.29, 0.717) is 6.04 Å². The third kappa shape index (κ3) is 2.43. The van der Waals surface area contributed by atoms with Gasteiger partial charge in [0.25, 0.3) is 0 Å². The van der Waals surface area contributed by atoms with E-state index < -0.39 is 10.0 Å². The third-order valence-electron chi connectivity index (χ3n) is 2.44. The molecule has 0 saturated carbocycles. The third-order valence-corrected chi connectivity index (χ3v) is 3.17. The van der Waals surface area contributed by atoms with Crippen LogP contribution in [-0.4, -0.2) is 45.2 Å². The van der Waals surface area contributed by atoms with Crippen LogP contribution in [0.3, 0.4) is 0 Å². The normalized spacial score (nSPS) is 32.6. The molecule has 2 unspecified atom stereocenters. The summed E-state index contributed by atoms with van der Waals surface area (Å²) >= 11 is 0. The summed E-state index contributed by atoms with van der Waals surface area (Å²) in [5.74, 6) is 0. The molecule has 72 valence electrons. The summed E-state index contributed by atoms with van der Waals surface area (Å²) in [4.78, 5) is 2.16. The van der Waals surface area contributed by atoms with Crippen molar-refractivity contribution in [2.24, 2.45) is 0 Å². The number of likely N-dealkylation sites (tertiary alicyclic amines) is 1. The van der Waals surface area contributed by atoms with Crippen LogP contribution in [0.15, 0.2) is 0 Å². The number of hydrogen-bond acceptors (Lipinski definition) is 3. The van der Waals surface area contributed by atoms with E-state index in [1.165, 1.54) is 6.26 Å². The number of likely N-dealkylation sites (N-methyl/N-ethyl adjacent to an activating group) is 1. The summed E-state index contributed by atoms with van der Waals surface area (Å²) in [5.41, 5.74) is 0. The number of nitrogens with zero attached hydrogens (tertiary/aromatic N) is 1. The van der Waals surface area contributed by atoms with Crippen LogP contribution in [0.25, 0.3) is 0 Å². The largest absolute Gasteiger partial charge is 0.302 e. The Balaban J connectivity index is 2.56. The monoisotopic (exact) mass is 192 g/mol. The van der Waals surface area contributed by atoms with Gasteiger partial charge < -0.3 is 4.90 Å². The first-order valence-corrected chi connectivity index (χ1v) is 5.97. The van der Waals surface area contributed by atoms with Crippen LogP contribution >= 0.6 is 0 Å². The van der Waals surface area contributed by atoms with E-state index in [9.17, 15) is 8.42 Å². The lowest BCUT2D eigenvalue weighted by molar-refractivity contribution is 0.312. The van der Waals surface area contributed by atoms with Gasteiger partial charge in [-0.3, -0.25) is 0 Å². The maximum atomic E-state index is 10.9. The number of sulfonamides is 1. The molecule has 0 amide bonds. The van der Waals surface area contributed by atoms with Crippen LogP contribution in [0.1, 0.15) is 13.3 Å². The number of hydrogen-bond donors (Lipinski definition) is 1. The van der Waals surface area contributed by atoms with Crippen molar-refractivity contribution < 1.29 is 8.42 Å². The lowest BCUT2D eigenvalue weighted by Gasteiger charge is -2.20. The average molecular weight is 192 g/mol. The molecule has 0 bridgehead atoms. The van der Waals surface area contributed by atoms with Crippen molar-refractivity contribution in [3.05, 3.63) is 0 Å². The summed E-state index contributed by atoms with van der Waals surface area (Å²) in [7, 11) is -1.03. The van der Waals surface area contributed by atoms with Crippen molar-refractivity contribution in [3.8, 4) is 0 Å². The van der Waals surface area contributed by atoms with Crippen LogP contribution in [-0.2, 0) is 10.0 Å². The molecule has 0 aromatic heterocycles. The molecule has 5 heteroatoms. The van der Waals surface area contributed by atoms with Gasteiger partial charge in [0.1, 0.15) is 0 Å². The van der Waals surface area contributed by atoms with E-state index in [-0.39, 0.29) is 6.04 Å². The quantitative estimate of drug-likeness (QED) is 0.649. The zero-order chi connectivity index (χ0) is 9.35. The number of rotatable bonds is 2. The lowest BCUT2D eigenvalue weighted by Crippen LogP contribution is -2.41. The minimum atomic E-state index is -3.04. The first-order chi connectivity index (χ1) is 5.40. The molecule has 12 heavy (non-hydrogen) atoms. The minimum Gasteiger partial charge on any atom is -0.302 e. The minimum absolute atomic E-state index is 0.0880. The van der Waals surface area contributed by atoms with E-state index in [1.807, 2.05) is 14.0 Å². The fourth-order valence-corrected chi connectivity index (χ4v) is 2.39. The molecule has 2 atom stereocenters. The standard InChI is InChI=1S/C7H16N2O2S/c1-6-7(4-5-9(6)2)8-12(3,10)11/h6-8H,4-5H2,1-3H3. The highest BCUT2D eigenvalue weighted by molar-refractivity contribution is 7.88. The van der Waals surface area contributed by atoms with E-state index in [0.717, 1.165) is 13.0 Å². The van der Waals surface area contributed by atoms with Crippen LogP contribution in [0.4, 0.5) is 0 Å². The van der Waals surface area contributed by atoms with Gasteiger partial charge in [0.2, 0.25) is 10.0 Å². The van der Waals surface area contributed by atoms with E-state index >= 15 is 0 Å². The second kappa shape index (κ2) is 3.32. The van der Waals surface area contributed by atoms with Gasteiger partial charge in [-0.15, -0.1) is 0 Å². The summed E-state index contributed by atoms with van der Waals surface area (Å²) < 4.78 is 24.4. The van der Waals surface area contributed by atoms with Gasteiger partial charge >= 0.3 is 0 Å². The Kier molecular flexibility index (Phi) is 2.75. The Morgan fingerprint density at radius 1 is 1.50 bits per heavy atom. The zero-order valence-electron chi connectivity index (χ0n) is 7.74. The smallest absolute Gasteiger partial charge is 0.209 e. The van der Waals surface area contributed by atoms with Crippen LogP contribution in [0.5, 0.6) is 0 Å². The van der Waals surface area contributed by atoms with E-state index in [4.69, 9.17) is 0 Å². The van der Waals surface area contributed by atoms with Gasteiger partial charge in [-0.1, -0.05) is 0 Å². The van der Waals surface area contributed by atoms with Gasteiger partial charge in [-0.25, -0.2) is 13.1 Å². The summed E-state index contributed by atoms with van der Waals surface area (Å²) in [5, 5.41) is 0. The van der Waals surface area contributed by atoms with Crippen molar-refractivity contribution in [3.63, 3.8) is 0 Å². The SMILES string of the molecule is CC1C(NS(C)(=O)=O)CCN1C. The Labute approximate surface area is 74.0 Å².